The number of methoxy groups -OCH3 is 2. The van der Waals surface area contributed by atoms with Gasteiger partial charge < -0.3 is 44.4 Å². The molecule has 0 amide bonds. The molecule has 0 radical (unpaired) electrons. The van der Waals surface area contributed by atoms with Gasteiger partial charge in [-0.25, -0.2) is 27.8 Å². The summed E-state index contributed by atoms with van der Waals surface area (Å²) in [5.74, 6) is -0.0533. The van der Waals surface area contributed by atoms with Crippen LogP contribution in [0.15, 0.2) is 6.20 Å². The average molecular weight is 667 g/mol. The van der Waals surface area contributed by atoms with Crippen LogP contribution in [0.4, 0.5) is 0 Å². The van der Waals surface area contributed by atoms with Gasteiger partial charge in [0.1, 0.15) is 12.2 Å². The van der Waals surface area contributed by atoms with Crippen molar-refractivity contribution in [1.29, 1.82) is 0 Å². The summed E-state index contributed by atoms with van der Waals surface area (Å²) in [7, 11) is -3.74. The van der Waals surface area contributed by atoms with Crippen LogP contribution in [-0.4, -0.2) is 168 Å². The number of rotatable bonds is 18. The molecule has 17 nitrogen and oxygen atoms in total. The SMILES string of the molecule is COC1OC([C-]=O)C(OC)C(O)C1OCCS(=O)(=O)CCNCCOCCn1cc(CN2CCS(=O)(=O)CC2)nn1.[Na+].[OH-]. The largest absolute Gasteiger partial charge is 1.00 e. The molecule has 2 saturated heterocycles. The molecule has 3 N–H and O–H groups in total. The maximum absolute atomic E-state index is 12.4. The summed E-state index contributed by atoms with van der Waals surface area (Å²) in [6, 6.07) is 0. The first-order chi connectivity index (χ1) is 19.6. The van der Waals surface area contributed by atoms with Gasteiger partial charge in [-0.3, -0.25) is 4.90 Å². The van der Waals surface area contributed by atoms with E-state index in [1.54, 1.807) is 11.0 Å². The van der Waals surface area contributed by atoms with Crippen molar-refractivity contribution in [2.45, 2.75) is 43.8 Å². The van der Waals surface area contributed by atoms with E-state index in [9.17, 15) is 26.7 Å². The van der Waals surface area contributed by atoms with E-state index in [2.05, 4.69) is 15.6 Å². The van der Waals surface area contributed by atoms with Crippen LogP contribution < -0.4 is 34.9 Å². The fraction of sp³-hybridized carbons (Fsp3) is 0.870. The number of aliphatic hydroxyl groups is 1. The van der Waals surface area contributed by atoms with E-state index in [4.69, 9.17) is 23.7 Å². The predicted octanol–water partition coefficient (Wildman–Crippen LogP) is -6.40. The third-order valence-electron chi connectivity index (χ3n) is 6.73. The zero-order valence-corrected chi connectivity index (χ0v) is 28.4. The first kappa shape index (κ1) is 40.4. The molecule has 244 valence electrons. The van der Waals surface area contributed by atoms with Crippen LogP contribution in [0.5, 0.6) is 0 Å². The van der Waals surface area contributed by atoms with Gasteiger partial charge in [0.2, 0.25) is 0 Å². The third kappa shape index (κ3) is 13.3. The Morgan fingerprint density at radius 2 is 1.84 bits per heavy atom. The van der Waals surface area contributed by atoms with Gasteiger partial charge in [0.25, 0.3) is 0 Å². The Labute approximate surface area is 274 Å². The summed E-state index contributed by atoms with van der Waals surface area (Å²) in [4.78, 5) is 13.1. The van der Waals surface area contributed by atoms with E-state index in [-0.39, 0.29) is 71.2 Å². The standard InChI is InChI=1S/C23H40N5O11S2.Na.H2O/c1-35-21-19(17-29)39-23(36-2)22(20(21)30)38-10-14-40(31,32)11-4-24-3-8-37-9-5-28-16-18(25-26-28)15-27-6-12-41(33,34)13-7-27;;/h16,19-24,30H,3-15H2,1-2H3;;1H2/q-1;+1;/p-1. The second-order valence-electron chi connectivity index (χ2n) is 9.72. The van der Waals surface area contributed by atoms with E-state index in [0.717, 1.165) is 5.69 Å². The van der Waals surface area contributed by atoms with Crippen molar-refractivity contribution in [3.05, 3.63) is 11.9 Å². The van der Waals surface area contributed by atoms with Crippen LogP contribution >= 0.6 is 0 Å². The summed E-state index contributed by atoms with van der Waals surface area (Å²) in [5, 5.41) is 21.7. The average Bonchev–Trinajstić information content (AvgIpc) is 3.38. The fourth-order valence-corrected chi connectivity index (χ4v) is 6.67. The smallest absolute Gasteiger partial charge is 0.870 e. The zero-order valence-electron chi connectivity index (χ0n) is 24.7. The van der Waals surface area contributed by atoms with Crippen LogP contribution in [0.1, 0.15) is 5.69 Å². The molecular weight excluding hydrogens is 625 g/mol. The summed E-state index contributed by atoms with van der Waals surface area (Å²) in [5.41, 5.74) is 0.767. The zero-order chi connectivity index (χ0) is 29.9. The van der Waals surface area contributed by atoms with Gasteiger partial charge in [-0.2, -0.15) is 0 Å². The van der Waals surface area contributed by atoms with Gasteiger partial charge in [0.05, 0.1) is 61.2 Å². The number of sulfone groups is 2. The van der Waals surface area contributed by atoms with Crippen molar-refractivity contribution in [3.63, 3.8) is 0 Å². The summed E-state index contributed by atoms with van der Waals surface area (Å²) >= 11 is 0. The molecule has 0 saturated carbocycles. The molecule has 2 fully saturated rings. The van der Waals surface area contributed by atoms with E-state index in [1.807, 2.05) is 11.1 Å². The Bertz CT molecular complexity index is 1150. The van der Waals surface area contributed by atoms with Crippen molar-refractivity contribution < 1.29 is 85.5 Å². The van der Waals surface area contributed by atoms with Crippen LogP contribution in [-0.2, 0) is 61.2 Å². The van der Waals surface area contributed by atoms with Gasteiger partial charge in [0.15, 0.2) is 26.0 Å². The van der Waals surface area contributed by atoms with Crippen molar-refractivity contribution in [1.82, 2.24) is 25.2 Å². The maximum Gasteiger partial charge on any atom is 1.00 e. The minimum absolute atomic E-state index is 0. The normalized spacial score (nSPS) is 25.9. The minimum atomic E-state index is -3.44. The Morgan fingerprint density at radius 3 is 2.49 bits per heavy atom. The van der Waals surface area contributed by atoms with Crippen molar-refractivity contribution in [2.24, 2.45) is 0 Å². The fourth-order valence-electron chi connectivity index (χ4n) is 4.38. The topological polar surface area (TPSA) is 228 Å². The van der Waals surface area contributed by atoms with Crippen LogP contribution in [0.2, 0.25) is 0 Å². The molecule has 2 aliphatic rings. The second kappa shape index (κ2) is 19.8. The molecule has 0 bridgehead atoms. The Morgan fingerprint density at radius 1 is 1.12 bits per heavy atom. The first-order valence-corrected chi connectivity index (χ1v) is 16.9. The van der Waals surface area contributed by atoms with E-state index < -0.39 is 50.4 Å². The number of hydrogen-bond acceptors (Lipinski definition) is 16. The second-order valence-corrected chi connectivity index (χ2v) is 14.3. The number of aromatic nitrogens is 3. The molecule has 2 aliphatic heterocycles. The molecular formula is C23H41N5NaO12S2-. The van der Waals surface area contributed by atoms with E-state index in [0.29, 0.717) is 45.9 Å². The molecule has 5 unspecified atom stereocenters. The number of ether oxygens (including phenoxy) is 5. The Hall–Kier alpha value is -0.650. The summed E-state index contributed by atoms with van der Waals surface area (Å²) < 4.78 is 76.2. The van der Waals surface area contributed by atoms with Gasteiger partial charge in [-0.1, -0.05) is 5.21 Å². The van der Waals surface area contributed by atoms with Crippen molar-refractivity contribution in [2.75, 3.05) is 83.2 Å². The van der Waals surface area contributed by atoms with Crippen molar-refractivity contribution in [3.8, 4) is 0 Å². The first-order valence-electron chi connectivity index (χ1n) is 13.3. The molecule has 0 aliphatic carbocycles. The molecule has 1 aromatic rings. The Kier molecular flexibility index (Phi) is 18.6. The molecule has 0 spiro atoms. The van der Waals surface area contributed by atoms with Crippen LogP contribution in [0, 0.1) is 0 Å². The number of hydrogen-bond donors (Lipinski definition) is 2. The molecule has 3 heterocycles. The van der Waals surface area contributed by atoms with Gasteiger partial charge in [-0.15, -0.1) is 5.10 Å². The van der Waals surface area contributed by atoms with Gasteiger partial charge >= 0.3 is 29.6 Å². The summed E-state index contributed by atoms with van der Waals surface area (Å²) in [6.45, 7) is 3.30. The molecule has 3 rings (SSSR count). The third-order valence-corrected chi connectivity index (χ3v) is 9.96. The van der Waals surface area contributed by atoms with Crippen LogP contribution in [0.3, 0.4) is 0 Å². The molecule has 43 heavy (non-hydrogen) atoms. The van der Waals surface area contributed by atoms with Gasteiger partial charge in [-0.05, 0) is 6.10 Å². The Balaban J connectivity index is 0.00000462. The molecule has 5 atom stereocenters. The minimum Gasteiger partial charge on any atom is -0.870 e. The van der Waals surface area contributed by atoms with Gasteiger partial charge in [0, 0.05) is 53.1 Å². The van der Waals surface area contributed by atoms with Crippen LogP contribution in [0.25, 0.3) is 0 Å². The monoisotopic (exact) mass is 666 g/mol. The summed E-state index contributed by atoms with van der Waals surface area (Å²) in [6.07, 6.45) is -2.12. The predicted molar refractivity (Wildman–Crippen MR) is 146 cm³/mol. The maximum atomic E-state index is 12.4. The molecule has 20 heteroatoms. The number of aliphatic hydroxyl groups excluding tert-OH is 1. The van der Waals surface area contributed by atoms with E-state index >= 15 is 0 Å². The van der Waals surface area contributed by atoms with Crippen molar-refractivity contribution >= 4 is 26.0 Å². The number of carbonyl (C=O) groups excluding carboxylic acids is 1. The van der Waals surface area contributed by atoms with E-state index in [1.165, 1.54) is 14.2 Å². The quantitative estimate of drug-likeness (QED) is 0.0843. The number of nitrogens with zero attached hydrogens (tertiary/aromatic N) is 4. The number of nitrogens with one attached hydrogen (secondary N) is 1. The molecule has 1 aromatic heterocycles. The molecule has 0 aromatic carbocycles.